The first kappa shape index (κ1) is 24.4. The van der Waals surface area contributed by atoms with E-state index < -0.39 is 6.10 Å². The van der Waals surface area contributed by atoms with Crippen LogP contribution in [0.25, 0.3) is 0 Å². The van der Waals surface area contributed by atoms with Crippen LogP contribution >= 0.6 is 0 Å². The molecule has 1 atom stereocenters. The van der Waals surface area contributed by atoms with E-state index >= 15 is 0 Å². The normalized spacial score (nSPS) is 13.5. The van der Waals surface area contributed by atoms with Crippen molar-refractivity contribution < 1.29 is 9.90 Å². The predicted octanol–water partition coefficient (Wildman–Crippen LogP) is 5.63. The summed E-state index contributed by atoms with van der Waals surface area (Å²) < 4.78 is 0. The highest BCUT2D eigenvalue weighted by Crippen LogP contribution is 2.01. The lowest BCUT2D eigenvalue weighted by Crippen LogP contribution is -2.30. The average molecular weight is 362 g/mol. The molecule has 0 radical (unpaired) electrons. The third-order valence-electron chi connectivity index (χ3n) is 3.83. The molecule has 0 fully saturated rings. The fourth-order valence-corrected chi connectivity index (χ4v) is 2.29. The van der Waals surface area contributed by atoms with Gasteiger partial charge in [-0.1, -0.05) is 68.4 Å². The van der Waals surface area contributed by atoms with Crippen molar-refractivity contribution in [1.82, 2.24) is 5.32 Å². The molecule has 0 bridgehead atoms. The molecule has 0 aromatic rings. The first-order valence-corrected chi connectivity index (χ1v) is 10.2. The molecular formula is C23H39NO2. The monoisotopic (exact) mass is 361 g/mol. The quantitative estimate of drug-likeness (QED) is 0.276. The Hall–Kier alpha value is -1.61. The minimum Gasteiger partial charge on any atom is -0.392 e. The van der Waals surface area contributed by atoms with E-state index in [4.69, 9.17) is 5.11 Å². The average Bonchev–Trinajstić information content (AvgIpc) is 2.62. The van der Waals surface area contributed by atoms with Crippen LogP contribution in [0.2, 0.25) is 0 Å². The summed E-state index contributed by atoms with van der Waals surface area (Å²) in [5.74, 6) is 0.0155. The first-order valence-electron chi connectivity index (χ1n) is 10.2. The molecule has 0 rings (SSSR count). The maximum absolute atomic E-state index is 11.4. The molecule has 2 N–H and O–H groups in total. The molecule has 0 spiro atoms. The number of hydrogen-bond acceptors (Lipinski definition) is 2. The highest BCUT2D eigenvalue weighted by atomic mass is 16.3. The van der Waals surface area contributed by atoms with Crippen LogP contribution in [0, 0.1) is 0 Å². The highest BCUT2D eigenvalue weighted by Gasteiger charge is 2.01. The zero-order chi connectivity index (χ0) is 19.3. The van der Waals surface area contributed by atoms with Crippen molar-refractivity contribution in [3.63, 3.8) is 0 Å². The van der Waals surface area contributed by atoms with Crippen LogP contribution in [-0.2, 0) is 4.79 Å². The van der Waals surface area contributed by atoms with E-state index in [1.807, 2.05) is 0 Å². The summed E-state index contributed by atoms with van der Waals surface area (Å²) in [6, 6.07) is 0. The smallest absolute Gasteiger partial charge is 0.220 e. The lowest BCUT2D eigenvalue weighted by atomic mass is 10.2. The van der Waals surface area contributed by atoms with Crippen LogP contribution in [0.3, 0.4) is 0 Å². The van der Waals surface area contributed by atoms with E-state index in [1.165, 1.54) is 25.7 Å². The molecule has 0 heterocycles. The van der Waals surface area contributed by atoms with Gasteiger partial charge in [0.25, 0.3) is 0 Å². The zero-order valence-electron chi connectivity index (χ0n) is 16.8. The summed E-state index contributed by atoms with van der Waals surface area (Å²) in [7, 11) is 0. The molecule has 0 aliphatic rings. The van der Waals surface area contributed by atoms with E-state index in [0.717, 1.165) is 32.1 Å². The predicted molar refractivity (Wildman–Crippen MR) is 113 cm³/mol. The second kappa shape index (κ2) is 19.7. The maximum Gasteiger partial charge on any atom is 0.220 e. The summed E-state index contributed by atoms with van der Waals surface area (Å²) in [6.45, 7) is 4.24. The Morgan fingerprint density at radius 3 is 1.85 bits per heavy atom. The number of unbranched alkanes of at least 4 members (excludes halogenated alkanes) is 4. The maximum atomic E-state index is 11.4. The van der Waals surface area contributed by atoms with E-state index in [1.54, 1.807) is 6.92 Å². The number of aliphatic hydroxyl groups is 1. The summed E-state index contributed by atoms with van der Waals surface area (Å²) in [5.41, 5.74) is 0. The van der Waals surface area contributed by atoms with Crippen molar-refractivity contribution in [3.8, 4) is 0 Å². The molecule has 0 saturated heterocycles. The highest BCUT2D eigenvalue weighted by molar-refractivity contribution is 5.75. The van der Waals surface area contributed by atoms with E-state index in [2.05, 4.69) is 60.8 Å². The van der Waals surface area contributed by atoms with Gasteiger partial charge in [0.05, 0.1) is 6.10 Å². The van der Waals surface area contributed by atoms with Crippen LogP contribution in [0.1, 0.15) is 78.1 Å². The number of rotatable bonds is 16. The van der Waals surface area contributed by atoms with Gasteiger partial charge in [0.15, 0.2) is 0 Å². The lowest BCUT2D eigenvalue weighted by molar-refractivity contribution is -0.121. The second-order valence-corrected chi connectivity index (χ2v) is 6.63. The number of aliphatic hydroxyl groups excluding tert-OH is 1. The molecule has 3 nitrogen and oxygen atoms in total. The molecule has 0 aliphatic carbocycles. The molecule has 0 aromatic heterocycles. The third-order valence-corrected chi connectivity index (χ3v) is 3.83. The fraction of sp³-hybridized carbons (Fsp3) is 0.609. The standard InChI is InChI=1S/C23H39NO2/c1-3-4-5-6-7-8-9-10-11-12-13-14-15-16-17-18-19-20-23(26)24-21-22(2)25/h7-8,10-11,13-14,16-17,22,25H,3-6,9,12,15,18-21H2,1-2H3,(H,24,26)/b8-7-,11-10-,14-13-,17-16-. The van der Waals surface area contributed by atoms with Crippen molar-refractivity contribution in [1.29, 1.82) is 0 Å². The van der Waals surface area contributed by atoms with Crippen LogP contribution in [0.5, 0.6) is 0 Å². The number of nitrogens with one attached hydrogen (secondary N) is 1. The van der Waals surface area contributed by atoms with Crippen LogP contribution in [0.15, 0.2) is 48.6 Å². The van der Waals surface area contributed by atoms with Gasteiger partial charge in [-0.25, -0.2) is 0 Å². The lowest BCUT2D eigenvalue weighted by Gasteiger charge is -2.05. The molecule has 1 unspecified atom stereocenters. The van der Waals surface area contributed by atoms with Crippen molar-refractivity contribution in [2.45, 2.75) is 84.2 Å². The van der Waals surface area contributed by atoms with E-state index in [-0.39, 0.29) is 5.91 Å². The summed E-state index contributed by atoms with van der Waals surface area (Å²) in [5, 5.41) is 11.8. The van der Waals surface area contributed by atoms with Gasteiger partial charge in [-0.2, -0.15) is 0 Å². The third kappa shape index (κ3) is 20.4. The molecule has 148 valence electrons. The van der Waals surface area contributed by atoms with Gasteiger partial charge in [-0.15, -0.1) is 0 Å². The first-order chi connectivity index (χ1) is 12.7. The van der Waals surface area contributed by atoms with Crippen molar-refractivity contribution >= 4 is 5.91 Å². The number of carbonyl (C=O) groups excluding carboxylic acids is 1. The van der Waals surface area contributed by atoms with Crippen LogP contribution < -0.4 is 5.32 Å². The van der Waals surface area contributed by atoms with Crippen molar-refractivity contribution in [2.24, 2.45) is 0 Å². The second-order valence-electron chi connectivity index (χ2n) is 6.63. The Morgan fingerprint density at radius 1 is 0.846 bits per heavy atom. The Labute approximate surface area is 161 Å². The van der Waals surface area contributed by atoms with Gasteiger partial charge < -0.3 is 10.4 Å². The van der Waals surface area contributed by atoms with Gasteiger partial charge in [0.1, 0.15) is 0 Å². The Bertz CT molecular complexity index is 433. The molecule has 0 saturated carbocycles. The molecule has 0 aliphatic heterocycles. The SMILES string of the molecule is CCCCC/C=C\C/C=C\C/C=C\C/C=C\CCCC(=O)NCC(C)O. The largest absolute Gasteiger partial charge is 0.392 e. The molecule has 26 heavy (non-hydrogen) atoms. The number of allylic oxidation sites excluding steroid dienone is 8. The van der Waals surface area contributed by atoms with Gasteiger partial charge >= 0.3 is 0 Å². The Morgan fingerprint density at radius 2 is 1.35 bits per heavy atom. The van der Waals surface area contributed by atoms with Gasteiger partial charge in [-0.05, 0) is 51.9 Å². The minimum atomic E-state index is -0.479. The van der Waals surface area contributed by atoms with E-state index in [9.17, 15) is 4.79 Å². The number of carbonyl (C=O) groups is 1. The molecule has 0 aromatic carbocycles. The van der Waals surface area contributed by atoms with Gasteiger partial charge in [0.2, 0.25) is 5.91 Å². The van der Waals surface area contributed by atoms with Crippen LogP contribution in [-0.4, -0.2) is 23.7 Å². The zero-order valence-corrected chi connectivity index (χ0v) is 16.8. The minimum absolute atomic E-state index is 0.0155. The Balaban J connectivity index is 3.47. The Kier molecular flexibility index (Phi) is 18.5. The topological polar surface area (TPSA) is 49.3 Å². The molecular weight excluding hydrogens is 322 g/mol. The molecule has 3 heteroatoms. The van der Waals surface area contributed by atoms with Gasteiger partial charge in [-0.3, -0.25) is 4.79 Å². The van der Waals surface area contributed by atoms with Crippen molar-refractivity contribution in [3.05, 3.63) is 48.6 Å². The summed E-state index contributed by atoms with van der Waals surface area (Å²) in [4.78, 5) is 11.4. The van der Waals surface area contributed by atoms with Crippen LogP contribution in [0.4, 0.5) is 0 Å². The fourth-order valence-electron chi connectivity index (χ4n) is 2.29. The summed E-state index contributed by atoms with van der Waals surface area (Å²) in [6.07, 6.45) is 27.5. The van der Waals surface area contributed by atoms with Gasteiger partial charge in [0, 0.05) is 13.0 Å². The number of amides is 1. The molecule has 1 amide bonds. The number of hydrogen-bond donors (Lipinski definition) is 2. The van der Waals surface area contributed by atoms with E-state index in [0.29, 0.717) is 13.0 Å². The van der Waals surface area contributed by atoms with Crippen molar-refractivity contribution in [2.75, 3.05) is 6.54 Å². The summed E-state index contributed by atoms with van der Waals surface area (Å²) >= 11 is 0.